The zero-order valence-electron chi connectivity index (χ0n) is 15.2. The van der Waals surface area contributed by atoms with Crippen LogP contribution in [0.1, 0.15) is 112 Å². The fourth-order valence-electron chi connectivity index (χ4n) is 3.67. The first kappa shape index (κ1) is 20.0. The second kappa shape index (κ2) is 14.0. The quantitative estimate of drug-likeness (QED) is 0.287. The van der Waals surface area contributed by atoms with Gasteiger partial charge >= 0.3 is 0 Å². The average Bonchev–Trinajstić information content (AvgIpc) is 2.44. The zero-order valence-corrected chi connectivity index (χ0v) is 15.2. The van der Waals surface area contributed by atoms with Crippen molar-refractivity contribution in [2.24, 2.45) is 17.8 Å². The molecule has 20 heavy (non-hydrogen) atoms. The van der Waals surface area contributed by atoms with Gasteiger partial charge in [0.2, 0.25) is 0 Å². The Morgan fingerprint density at radius 3 is 1.60 bits per heavy atom. The molecule has 0 aliphatic rings. The fourth-order valence-corrected chi connectivity index (χ4v) is 3.67. The van der Waals surface area contributed by atoms with Gasteiger partial charge in [0.15, 0.2) is 0 Å². The summed E-state index contributed by atoms with van der Waals surface area (Å²) >= 11 is 0. The summed E-state index contributed by atoms with van der Waals surface area (Å²) in [7, 11) is 0. The topological polar surface area (TPSA) is 0 Å². The van der Waals surface area contributed by atoms with Crippen molar-refractivity contribution in [3.05, 3.63) is 0 Å². The van der Waals surface area contributed by atoms with Crippen molar-refractivity contribution in [2.45, 2.75) is 112 Å². The van der Waals surface area contributed by atoms with Crippen LogP contribution >= 0.6 is 0 Å². The summed E-state index contributed by atoms with van der Waals surface area (Å²) in [4.78, 5) is 0. The molecule has 0 aliphatic heterocycles. The van der Waals surface area contributed by atoms with Crippen LogP contribution in [0.5, 0.6) is 0 Å². The highest BCUT2D eigenvalue weighted by Crippen LogP contribution is 2.31. The Balaban J connectivity index is 4.25. The van der Waals surface area contributed by atoms with Crippen LogP contribution in [0.25, 0.3) is 0 Å². The first-order valence-electron chi connectivity index (χ1n) is 9.69. The van der Waals surface area contributed by atoms with E-state index < -0.39 is 0 Å². The molecule has 0 rings (SSSR count). The summed E-state index contributed by atoms with van der Waals surface area (Å²) in [5.41, 5.74) is 0. The van der Waals surface area contributed by atoms with Gasteiger partial charge in [-0.15, -0.1) is 0 Å². The van der Waals surface area contributed by atoms with Crippen molar-refractivity contribution < 1.29 is 0 Å². The van der Waals surface area contributed by atoms with E-state index in [1.165, 1.54) is 77.0 Å². The molecule has 0 amide bonds. The molecule has 0 heterocycles. The van der Waals surface area contributed by atoms with E-state index in [4.69, 9.17) is 0 Å². The van der Waals surface area contributed by atoms with Crippen LogP contribution in [-0.4, -0.2) is 0 Å². The minimum atomic E-state index is 0.935. The minimum Gasteiger partial charge on any atom is -0.0654 e. The van der Waals surface area contributed by atoms with Gasteiger partial charge in [-0.1, -0.05) is 105 Å². The Bertz CT molecular complexity index is 174. The predicted molar refractivity (Wildman–Crippen MR) is 94.2 cm³/mol. The van der Waals surface area contributed by atoms with Crippen LogP contribution in [0.3, 0.4) is 0 Å². The largest absolute Gasteiger partial charge is 0.0654 e. The Morgan fingerprint density at radius 2 is 1.20 bits per heavy atom. The van der Waals surface area contributed by atoms with E-state index in [0.29, 0.717) is 0 Å². The maximum absolute atomic E-state index is 2.49. The summed E-state index contributed by atoms with van der Waals surface area (Å²) < 4.78 is 0. The molecule has 0 aromatic carbocycles. The Hall–Kier alpha value is 0. The summed E-state index contributed by atoms with van der Waals surface area (Å²) in [5, 5.41) is 0. The lowest BCUT2D eigenvalue weighted by molar-refractivity contribution is 0.239. The van der Waals surface area contributed by atoms with Crippen LogP contribution in [0.15, 0.2) is 0 Å². The number of unbranched alkanes of at least 4 members (excludes halogenated alkanes) is 4. The molecule has 0 bridgehead atoms. The first-order chi connectivity index (χ1) is 9.69. The molecule has 0 saturated heterocycles. The van der Waals surface area contributed by atoms with E-state index in [0.717, 1.165) is 17.8 Å². The van der Waals surface area contributed by atoms with Crippen LogP contribution < -0.4 is 0 Å². The van der Waals surface area contributed by atoms with Crippen molar-refractivity contribution in [1.29, 1.82) is 0 Å². The lowest BCUT2D eigenvalue weighted by Gasteiger charge is -2.27. The first-order valence-corrected chi connectivity index (χ1v) is 9.69. The minimum absolute atomic E-state index is 0.935. The highest BCUT2D eigenvalue weighted by atomic mass is 14.3. The molecule has 2 atom stereocenters. The lowest BCUT2D eigenvalue weighted by atomic mass is 9.78. The van der Waals surface area contributed by atoms with Gasteiger partial charge in [0.1, 0.15) is 0 Å². The molecular weight excluding hydrogens is 240 g/mol. The molecule has 0 N–H and O–H groups in total. The van der Waals surface area contributed by atoms with Crippen LogP contribution in [0, 0.1) is 17.8 Å². The van der Waals surface area contributed by atoms with Crippen LogP contribution in [-0.2, 0) is 0 Å². The molecule has 0 heteroatoms. The molecule has 0 aromatic rings. The van der Waals surface area contributed by atoms with Gasteiger partial charge in [-0.25, -0.2) is 0 Å². The van der Waals surface area contributed by atoms with Gasteiger partial charge in [0.25, 0.3) is 0 Å². The molecule has 2 unspecified atom stereocenters. The Kier molecular flexibility index (Phi) is 14.0. The molecule has 0 radical (unpaired) electrons. The third-order valence-corrected chi connectivity index (χ3v) is 5.14. The Morgan fingerprint density at radius 1 is 0.650 bits per heavy atom. The molecule has 0 aromatic heterocycles. The SMILES string of the molecule is CCCCCC(CCCCC)CC(CC)C(C)CCC. The molecule has 0 nitrogen and oxygen atoms in total. The average molecular weight is 283 g/mol. The standard InChI is InChI=1S/C20H42/c1-6-10-12-15-19(16-13-11-7-2)17-20(9-4)18(5)14-8-3/h18-20H,6-17H2,1-5H3. The fraction of sp³-hybridized carbons (Fsp3) is 1.00. The molecule has 0 spiro atoms. The van der Waals surface area contributed by atoms with E-state index in [1.807, 2.05) is 0 Å². The second-order valence-corrected chi connectivity index (χ2v) is 7.03. The van der Waals surface area contributed by atoms with Crippen LogP contribution in [0.4, 0.5) is 0 Å². The maximum atomic E-state index is 2.49. The van der Waals surface area contributed by atoms with Gasteiger partial charge < -0.3 is 0 Å². The monoisotopic (exact) mass is 282 g/mol. The second-order valence-electron chi connectivity index (χ2n) is 7.03. The smallest absolute Gasteiger partial charge is 0.0388 e. The van der Waals surface area contributed by atoms with Crippen molar-refractivity contribution in [2.75, 3.05) is 0 Å². The number of hydrogen-bond acceptors (Lipinski definition) is 0. The third-order valence-electron chi connectivity index (χ3n) is 5.14. The van der Waals surface area contributed by atoms with Crippen molar-refractivity contribution >= 4 is 0 Å². The molecule has 0 fully saturated rings. The maximum Gasteiger partial charge on any atom is -0.0388 e. The van der Waals surface area contributed by atoms with E-state index in [1.54, 1.807) is 0 Å². The van der Waals surface area contributed by atoms with Gasteiger partial charge in [-0.3, -0.25) is 0 Å². The highest BCUT2D eigenvalue weighted by Gasteiger charge is 2.19. The van der Waals surface area contributed by atoms with Crippen molar-refractivity contribution in [3.63, 3.8) is 0 Å². The summed E-state index contributed by atoms with van der Waals surface area (Å²) in [6.07, 6.45) is 17.2. The summed E-state index contributed by atoms with van der Waals surface area (Å²) in [5.74, 6) is 2.92. The molecule has 0 saturated carbocycles. The van der Waals surface area contributed by atoms with E-state index >= 15 is 0 Å². The van der Waals surface area contributed by atoms with E-state index in [2.05, 4.69) is 34.6 Å². The van der Waals surface area contributed by atoms with E-state index in [-0.39, 0.29) is 0 Å². The Labute approximate surface area is 130 Å². The summed E-state index contributed by atoms with van der Waals surface area (Å²) in [6.45, 7) is 11.9. The normalized spacial score (nSPS) is 14.7. The van der Waals surface area contributed by atoms with Crippen molar-refractivity contribution in [1.82, 2.24) is 0 Å². The molecule has 0 aliphatic carbocycles. The lowest BCUT2D eigenvalue weighted by Crippen LogP contribution is -2.16. The van der Waals surface area contributed by atoms with Gasteiger partial charge in [0, 0.05) is 0 Å². The van der Waals surface area contributed by atoms with Crippen LogP contribution in [0.2, 0.25) is 0 Å². The zero-order chi connectivity index (χ0) is 15.2. The number of hydrogen-bond donors (Lipinski definition) is 0. The predicted octanol–water partition coefficient (Wildman–Crippen LogP) is 7.62. The molecule has 122 valence electrons. The van der Waals surface area contributed by atoms with Crippen molar-refractivity contribution in [3.8, 4) is 0 Å². The van der Waals surface area contributed by atoms with Gasteiger partial charge in [-0.2, -0.15) is 0 Å². The molecular formula is C20H42. The van der Waals surface area contributed by atoms with Gasteiger partial charge in [-0.05, 0) is 24.2 Å². The summed E-state index contributed by atoms with van der Waals surface area (Å²) in [6, 6.07) is 0. The number of rotatable bonds is 14. The highest BCUT2D eigenvalue weighted by molar-refractivity contribution is 4.71. The van der Waals surface area contributed by atoms with E-state index in [9.17, 15) is 0 Å². The van der Waals surface area contributed by atoms with Gasteiger partial charge in [0.05, 0.1) is 0 Å². The third kappa shape index (κ3) is 9.83.